The average Bonchev–Trinajstić information content (AvgIpc) is 2.49. The van der Waals surface area contributed by atoms with Crippen molar-refractivity contribution in [1.82, 2.24) is 0 Å². The maximum atomic E-state index is 11.9. The van der Waals surface area contributed by atoms with Gasteiger partial charge in [-0.3, -0.25) is 9.59 Å². The van der Waals surface area contributed by atoms with Crippen LogP contribution < -0.4 is 0 Å². The average molecular weight is 208 g/mol. The Hall–Kier alpha value is -1.12. The van der Waals surface area contributed by atoms with Crippen LogP contribution in [-0.2, 0) is 14.3 Å². The van der Waals surface area contributed by atoms with Crippen molar-refractivity contribution in [3.63, 3.8) is 0 Å². The first-order valence-electron chi connectivity index (χ1n) is 5.54. The summed E-state index contributed by atoms with van der Waals surface area (Å²) in [6, 6.07) is 0. The Morgan fingerprint density at radius 1 is 1.07 bits per heavy atom. The van der Waals surface area contributed by atoms with E-state index in [2.05, 4.69) is 0 Å². The Bertz CT molecular complexity index is 313. The molecular weight excluding hydrogens is 192 g/mol. The maximum absolute atomic E-state index is 11.9. The number of hydrogen-bond acceptors (Lipinski definition) is 3. The van der Waals surface area contributed by atoms with E-state index in [1.165, 1.54) is 0 Å². The van der Waals surface area contributed by atoms with Crippen molar-refractivity contribution in [2.45, 2.75) is 39.5 Å². The van der Waals surface area contributed by atoms with Gasteiger partial charge >= 0.3 is 11.9 Å². The van der Waals surface area contributed by atoms with E-state index in [9.17, 15) is 9.59 Å². The third-order valence-corrected chi connectivity index (χ3v) is 4.19. The molecule has 0 bridgehead atoms. The lowest BCUT2D eigenvalue weighted by Crippen LogP contribution is -2.45. The Morgan fingerprint density at radius 3 is 1.80 bits per heavy atom. The topological polar surface area (TPSA) is 43.4 Å². The van der Waals surface area contributed by atoms with Gasteiger partial charge in [-0.15, -0.1) is 0 Å². The van der Waals surface area contributed by atoms with Gasteiger partial charge in [-0.05, 0) is 25.7 Å². The van der Waals surface area contributed by atoms with Crippen molar-refractivity contribution in [3.05, 3.63) is 12.2 Å². The predicted molar refractivity (Wildman–Crippen MR) is 54.9 cm³/mol. The van der Waals surface area contributed by atoms with Crippen LogP contribution in [0.3, 0.4) is 0 Å². The quantitative estimate of drug-likeness (QED) is 0.397. The van der Waals surface area contributed by atoms with Crippen LogP contribution in [0.25, 0.3) is 0 Å². The third-order valence-electron chi connectivity index (χ3n) is 4.19. The van der Waals surface area contributed by atoms with E-state index in [0.717, 1.165) is 0 Å². The zero-order valence-electron chi connectivity index (χ0n) is 9.21. The summed E-state index contributed by atoms with van der Waals surface area (Å²) < 4.78 is 4.88. The summed E-state index contributed by atoms with van der Waals surface area (Å²) >= 11 is 0. The Labute approximate surface area is 89.5 Å². The molecule has 0 saturated carbocycles. The molecule has 0 radical (unpaired) electrons. The highest BCUT2D eigenvalue weighted by atomic mass is 16.6. The largest absolute Gasteiger partial charge is 0.392 e. The second-order valence-corrected chi connectivity index (χ2v) is 4.43. The Morgan fingerprint density at radius 2 is 1.47 bits per heavy atom. The summed E-state index contributed by atoms with van der Waals surface area (Å²) in [5.41, 5.74) is -1.18. The Balaban J connectivity index is 2.57. The van der Waals surface area contributed by atoms with Crippen LogP contribution in [0.5, 0.6) is 0 Å². The molecule has 0 aromatic heterocycles. The summed E-state index contributed by atoms with van der Waals surface area (Å²) in [7, 11) is 0. The van der Waals surface area contributed by atoms with Gasteiger partial charge in [0.1, 0.15) is 0 Å². The summed E-state index contributed by atoms with van der Waals surface area (Å²) in [6.07, 6.45) is 6.63. The molecule has 15 heavy (non-hydrogen) atoms. The molecule has 2 rings (SSSR count). The van der Waals surface area contributed by atoms with Gasteiger partial charge in [0, 0.05) is 0 Å². The fourth-order valence-corrected chi connectivity index (χ4v) is 3.05. The molecular formula is C12H16O3. The minimum absolute atomic E-state index is 0.318. The Kier molecular flexibility index (Phi) is 2.21. The lowest BCUT2D eigenvalue weighted by Gasteiger charge is -2.40. The van der Waals surface area contributed by atoms with Crippen molar-refractivity contribution >= 4 is 11.9 Å². The number of carbonyl (C=O) groups excluding carboxylic acids is 2. The second kappa shape index (κ2) is 3.19. The SMILES string of the molecule is CCC12CC=CCC1(CC)C(=O)OC2=O. The zero-order chi connectivity index (χ0) is 11.1. The zero-order valence-corrected chi connectivity index (χ0v) is 9.21. The van der Waals surface area contributed by atoms with Crippen molar-refractivity contribution in [2.75, 3.05) is 0 Å². The molecule has 1 heterocycles. The van der Waals surface area contributed by atoms with Crippen LogP contribution in [0.1, 0.15) is 39.5 Å². The van der Waals surface area contributed by atoms with E-state index in [1.54, 1.807) is 0 Å². The molecule has 0 N–H and O–H groups in total. The van der Waals surface area contributed by atoms with Gasteiger partial charge in [-0.2, -0.15) is 0 Å². The smallest absolute Gasteiger partial charge is 0.321 e. The lowest BCUT2D eigenvalue weighted by atomic mass is 9.57. The molecule has 1 saturated heterocycles. The standard InChI is InChI=1S/C12H16O3/c1-3-11-7-5-6-8-12(11,4-2)10(14)15-9(11)13/h5-6H,3-4,7-8H2,1-2H3. The predicted octanol–water partition coefficient (Wildman–Crippen LogP) is 2.21. The van der Waals surface area contributed by atoms with Crippen molar-refractivity contribution in [3.8, 4) is 0 Å². The molecule has 2 unspecified atom stereocenters. The van der Waals surface area contributed by atoms with E-state index in [4.69, 9.17) is 4.74 Å². The third kappa shape index (κ3) is 1.01. The van der Waals surface area contributed by atoms with E-state index >= 15 is 0 Å². The fraction of sp³-hybridized carbons (Fsp3) is 0.667. The molecule has 1 aliphatic carbocycles. The van der Waals surface area contributed by atoms with E-state index in [0.29, 0.717) is 25.7 Å². The first-order chi connectivity index (χ1) is 7.13. The second-order valence-electron chi connectivity index (χ2n) is 4.43. The fourth-order valence-electron chi connectivity index (χ4n) is 3.05. The molecule has 0 aromatic rings. The van der Waals surface area contributed by atoms with Gasteiger partial charge in [0.15, 0.2) is 0 Å². The van der Waals surface area contributed by atoms with Crippen LogP contribution >= 0.6 is 0 Å². The molecule has 0 aromatic carbocycles. The highest BCUT2D eigenvalue weighted by Gasteiger charge is 2.66. The minimum atomic E-state index is -0.590. The first-order valence-corrected chi connectivity index (χ1v) is 5.54. The van der Waals surface area contributed by atoms with E-state index in [-0.39, 0.29) is 11.9 Å². The molecule has 3 heteroatoms. The molecule has 2 atom stereocenters. The van der Waals surface area contributed by atoms with E-state index in [1.807, 2.05) is 26.0 Å². The summed E-state index contributed by atoms with van der Waals surface area (Å²) in [5, 5.41) is 0. The van der Waals surface area contributed by atoms with Crippen molar-refractivity contribution in [2.24, 2.45) is 10.8 Å². The number of carbonyl (C=O) groups is 2. The van der Waals surface area contributed by atoms with Crippen LogP contribution in [0.15, 0.2) is 12.2 Å². The van der Waals surface area contributed by atoms with Crippen LogP contribution in [0, 0.1) is 10.8 Å². The number of fused-ring (bicyclic) bond motifs is 1. The van der Waals surface area contributed by atoms with Gasteiger partial charge in [0.25, 0.3) is 0 Å². The molecule has 3 nitrogen and oxygen atoms in total. The maximum Gasteiger partial charge on any atom is 0.321 e. The minimum Gasteiger partial charge on any atom is -0.392 e. The number of rotatable bonds is 2. The van der Waals surface area contributed by atoms with Crippen molar-refractivity contribution < 1.29 is 14.3 Å². The van der Waals surface area contributed by atoms with E-state index < -0.39 is 10.8 Å². The normalized spacial score (nSPS) is 39.1. The van der Waals surface area contributed by atoms with Gasteiger partial charge < -0.3 is 4.74 Å². The molecule has 2 aliphatic rings. The number of esters is 2. The number of cyclic esters (lactones) is 2. The molecule has 1 fully saturated rings. The van der Waals surface area contributed by atoms with Crippen LogP contribution in [0.4, 0.5) is 0 Å². The summed E-state index contributed by atoms with van der Waals surface area (Å²) in [4.78, 5) is 23.7. The van der Waals surface area contributed by atoms with Crippen LogP contribution in [-0.4, -0.2) is 11.9 Å². The highest BCUT2D eigenvalue weighted by Crippen LogP contribution is 2.58. The lowest BCUT2D eigenvalue weighted by molar-refractivity contribution is -0.156. The molecule has 1 aliphatic heterocycles. The van der Waals surface area contributed by atoms with Gasteiger partial charge in [-0.1, -0.05) is 26.0 Å². The first kappa shape index (κ1) is 10.4. The van der Waals surface area contributed by atoms with Crippen LogP contribution in [0.2, 0.25) is 0 Å². The van der Waals surface area contributed by atoms with Gasteiger partial charge in [-0.25, -0.2) is 0 Å². The molecule has 0 amide bonds. The number of hydrogen-bond donors (Lipinski definition) is 0. The molecule has 82 valence electrons. The molecule has 0 spiro atoms. The monoisotopic (exact) mass is 208 g/mol. The number of ether oxygens (including phenoxy) is 1. The van der Waals surface area contributed by atoms with Gasteiger partial charge in [0.2, 0.25) is 0 Å². The summed E-state index contributed by atoms with van der Waals surface area (Å²) in [5.74, 6) is -0.637. The summed E-state index contributed by atoms with van der Waals surface area (Å²) in [6.45, 7) is 3.92. The highest BCUT2D eigenvalue weighted by molar-refractivity contribution is 6.02. The van der Waals surface area contributed by atoms with Gasteiger partial charge in [0.05, 0.1) is 10.8 Å². The number of allylic oxidation sites excluding steroid dienone is 2. The van der Waals surface area contributed by atoms with Crippen molar-refractivity contribution in [1.29, 1.82) is 0 Å².